The normalized spacial score (nSPS) is 30.5. The fraction of sp³-hybridized carbons (Fsp3) is 0.462. The van der Waals surface area contributed by atoms with Crippen molar-refractivity contribution >= 4 is 34.7 Å². The van der Waals surface area contributed by atoms with E-state index in [1.54, 1.807) is 6.92 Å². The van der Waals surface area contributed by atoms with Gasteiger partial charge in [0.15, 0.2) is 12.0 Å². The highest BCUT2D eigenvalue weighted by atomic mass is 35.5. The maximum absolute atomic E-state index is 10.2. The van der Waals surface area contributed by atoms with Crippen LogP contribution in [0, 0.1) is 0 Å². The topological polar surface area (TPSA) is 145 Å². The number of nitrogens with zero attached hydrogens (tertiary/aromatic N) is 4. The van der Waals surface area contributed by atoms with Crippen LogP contribution >= 0.6 is 11.6 Å². The summed E-state index contributed by atoms with van der Waals surface area (Å²) in [5, 5.41) is 41.0. The number of ether oxygens (including phenoxy) is 1. The van der Waals surface area contributed by atoms with Crippen molar-refractivity contribution in [2.24, 2.45) is 5.16 Å². The lowest BCUT2D eigenvalue weighted by Gasteiger charge is -2.26. The summed E-state index contributed by atoms with van der Waals surface area (Å²) in [6.45, 7) is 1.18. The molecule has 0 unspecified atom stereocenters. The van der Waals surface area contributed by atoms with Crippen LogP contribution in [0.2, 0.25) is 0 Å². The van der Waals surface area contributed by atoms with Crippen molar-refractivity contribution < 1.29 is 25.4 Å². The maximum atomic E-state index is 10.2. The molecule has 0 radical (unpaired) electrons. The Morgan fingerprint density at radius 2 is 2.29 bits per heavy atom. The van der Waals surface area contributed by atoms with E-state index >= 15 is 0 Å². The van der Waals surface area contributed by atoms with Gasteiger partial charge < -0.3 is 24.7 Å². The summed E-state index contributed by atoms with van der Waals surface area (Å²) in [4.78, 5) is 6.81. The number of fused-ring (bicyclic) bond motifs is 1. The number of hydrogen-bond donors (Lipinski definition) is 5. The van der Waals surface area contributed by atoms with Crippen molar-refractivity contribution in [3.05, 3.63) is 18.1 Å². The number of anilines is 1. The molecule has 0 spiro atoms. The number of hydrogen-bond acceptors (Lipinski definition) is 9. The second-order valence-corrected chi connectivity index (χ2v) is 6.39. The second-order valence-electron chi connectivity index (χ2n) is 5.57. The van der Waals surface area contributed by atoms with Crippen LogP contribution in [-0.4, -0.2) is 65.1 Å². The average Bonchev–Trinajstić information content (AvgIpc) is 3.04. The van der Waals surface area contributed by atoms with Crippen LogP contribution in [0.3, 0.4) is 0 Å². The van der Waals surface area contributed by atoms with Gasteiger partial charge in [0, 0.05) is 11.8 Å². The Bertz CT molecular complexity index is 779. The molecule has 5 N–H and O–H groups in total. The molecule has 10 nitrogen and oxygen atoms in total. The van der Waals surface area contributed by atoms with Gasteiger partial charge in [0.25, 0.3) is 0 Å². The molecule has 11 heteroatoms. The Balaban J connectivity index is 2.20. The molecule has 4 atom stereocenters. The predicted octanol–water partition coefficient (Wildman–Crippen LogP) is 0.289. The SMILES string of the molecule is C[C@@]1(Cl)[C@H](O)[C@@H](CO)O[C@H]1n1cc(/C=N/O)c2c(NO)ncnc21. The van der Waals surface area contributed by atoms with Crippen molar-refractivity contribution in [2.45, 2.75) is 30.2 Å². The van der Waals surface area contributed by atoms with Crippen molar-refractivity contribution in [3.8, 4) is 0 Å². The minimum absolute atomic E-state index is 0.0992. The first-order valence-electron chi connectivity index (χ1n) is 7.02. The van der Waals surface area contributed by atoms with Gasteiger partial charge in [-0.05, 0) is 6.92 Å². The number of aliphatic hydroxyl groups excluding tert-OH is 2. The summed E-state index contributed by atoms with van der Waals surface area (Å²) in [6.07, 6.45) is 1.07. The van der Waals surface area contributed by atoms with Crippen LogP contribution in [0.1, 0.15) is 18.7 Å². The molecule has 1 saturated heterocycles. The third-order valence-electron chi connectivity index (χ3n) is 4.09. The zero-order chi connectivity index (χ0) is 17.5. The summed E-state index contributed by atoms with van der Waals surface area (Å²) in [6, 6.07) is 0. The van der Waals surface area contributed by atoms with Crippen LogP contribution in [-0.2, 0) is 4.74 Å². The van der Waals surface area contributed by atoms with Gasteiger partial charge in [-0.3, -0.25) is 10.7 Å². The Morgan fingerprint density at radius 1 is 1.54 bits per heavy atom. The molecule has 2 aromatic rings. The van der Waals surface area contributed by atoms with E-state index < -0.39 is 29.9 Å². The third kappa shape index (κ3) is 2.39. The van der Waals surface area contributed by atoms with Crippen molar-refractivity contribution in [1.29, 1.82) is 0 Å². The number of oxime groups is 1. The summed E-state index contributed by atoms with van der Waals surface area (Å²) in [5.74, 6) is 0.0992. The lowest BCUT2D eigenvalue weighted by Crippen LogP contribution is -2.39. The van der Waals surface area contributed by atoms with Crippen LogP contribution < -0.4 is 5.48 Å². The molecular formula is C13H16ClN5O5. The minimum atomic E-state index is -1.25. The largest absolute Gasteiger partial charge is 0.411 e. The maximum Gasteiger partial charge on any atom is 0.163 e. The van der Waals surface area contributed by atoms with Gasteiger partial charge in [0.2, 0.25) is 0 Å². The molecule has 0 aromatic carbocycles. The number of halogens is 1. The van der Waals surface area contributed by atoms with E-state index in [-0.39, 0.29) is 5.82 Å². The average molecular weight is 358 g/mol. The smallest absolute Gasteiger partial charge is 0.163 e. The highest BCUT2D eigenvalue weighted by Crippen LogP contribution is 2.44. The zero-order valence-corrected chi connectivity index (χ0v) is 13.3. The number of aromatic nitrogens is 3. The molecular weight excluding hydrogens is 342 g/mol. The summed E-state index contributed by atoms with van der Waals surface area (Å²) >= 11 is 6.45. The second kappa shape index (κ2) is 6.15. The van der Waals surface area contributed by atoms with E-state index in [1.807, 2.05) is 5.48 Å². The summed E-state index contributed by atoms with van der Waals surface area (Å²) < 4.78 is 7.21. The van der Waals surface area contributed by atoms with Crippen LogP contribution in [0.25, 0.3) is 11.0 Å². The molecule has 2 aromatic heterocycles. The van der Waals surface area contributed by atoms with Crippen LogP contribution in [0.4, 0.5) is 5.82 Å². The van der Waals surface area contributed by atoms with Crippen molar-refractivity contribution in [1.82, 2.24) is 14.5 Å². The molecule has 1 aliphatic heterocycles. The molecule has 130 valence electrons. The standard InChI is InChI=1S/C13H16ClN5O5/c1-13(14)9(21)7(4-20)24-12(13)19-3-6(2-17-22)8-10(18-23)15-5-16-11(8)19/h2-3,5,7,9,12,20-23H,4H2,1H3,(H,15,16,18)/b17-2+/t7-,9-,12-,13-/m1/s1. The Hall–Kier alpha value is -1.98. The van der Waals surface area contributed by atoms with E-state index in [1.165, 1.54) is 17.1 Å². The zero-order valence-electron chi connectivity index (χ0n) is 12.5. The van der Waals surface area contributed by atoms with Crippen LogP contribution in [0.15, 0.2) is 17.7 Å². The van der Waals surface area contributed by atoms with Gasteiger partial charge in [0.1, 0.15) is 29.1 Å². The number of aliphatic hydroxyl groups is 2. The Morgan fingerprint density at radius 3 is 2.88 bits per heavy atom. The fourth-order valence-electron chi connectivity index (χ4n) is 2.90. The van der Waals surface area contributed by atoms with Gasteiger partial charge in [-0.1, -0.05) is 5.16 Å². The van der Waals surface area contributed by atoms with Gasteiger partial charge in [-0.15, -0.1) is 11.6 Å². The lowest BCUT2D eigenvalue weighted by atomic mass is 10.0. The van der Waals surface area contributed by atoms with Crippen molar-refractivity contribution in [3.63, 3.8) is 0 Å². The van der Waals surface area contributed by atoms with Crippen molar-refractivity contribution in [2.75, 3.05) is 12.1 Å². The van der Waals surface area contributed by atoms with Crippen LogP contribution in [0.5, 0.6) is 0 Å². The van der Waals surface area contributed by atoms with E-state index in [0.29, 0.717) is 16.6 Å². The molecule has 1 aliphatic rings. The first-order chi connectivity index (χ1) is 11.5. The number of alkyl halides is 1. The molecule has 1 fully saturated rings. The third-order valence-corrected chi connectivity index (χ3v) is 4.50. The quantitative estimate of drug-likeness (QED) is 0.227. The van der Waals surface area contributed by atoms with Gasteiger partial charge in [0.05, 0.1) is 18.2 Å². The summed E-state index contributed by atoms with van der Waals surface area (Å²) in [7, 11) is 0. The van der Waals surface area contributed by atoms with E-state index in [4.69, 9.17) is 21.5 Å². The number of rotatable bonds is 4. The van der Waals surface area contributed by atoms with Gasteiger partial charge >= 0.3 is 0 Å². The predicted molar refractivity (Wildman–Crippen MR) is 83.6 cm³/mol. The minimum Gasteiger partial charge on any atom is -0.411 e. The van der Waals surface area contributed by atoms with E-state index in [0.717, 1.165) is 6.21 Å². The van der Waals surface area contributed by atoms with E-state index in [9.17, 15) is 15.4 Å². The molecule has 0 bridgehead atoms. The molecule has 0 aliphatic carbocycles. The van der Waals surface area contributed by atoms with Gasteiger partial charge in [-0.2, -0.15) is 0 Å². The first kappa shape index (κ1) is 16.9. The lowest BCUT2D eigenvalue weighted by molar-refractivity contribution is -0.0439. The highest BCUT2D eigenvalue weighted by molar-refractivity contribution is 6.24. The fourth-order valence-corrected chi connectivity index (χ4v) is 3.20. The molecule has 0 saturated carbocycles. The van der Waals surface area contributed by atoms with E-state index in [2.05, 4.69) is 15.1 Å². The Labute approximate surface area is 140 Å². The molecule has 3 rings (SSSR count). The highest BCUT2D eigenvalue weighted by Gasteiger charge is 2.53. The molecule has 0 amide bonds. The summed E-state index contributed by atoms with van der Waals surface area (Å²) in [5.41, 5.74) is 2.68. The molecule has 24 heavy (non-hydrogen) atoms. The number of nitrogens with one attached hydrogen (secondary N) is 1. The van der Waals surface area contributed by atoms with Gasteiger partial charge in [-0.25, -0.2) is 9.97 Å². The molecule has 3 heterocycles. The Kier molecular flexibility index (Phi) is 4.32. The first-order valence-corrected chi connectivity index (χ1v) is 7.39. The monoisotopic (exact) mass is 357 g/mol.